The van der Waals surface area contributed by atoms with Crippen LogP contribution in [0.3, 0.4) is 0 Å². The predicted octanol–water partition coefficient (Wildman–Crippen LogP) is 4.46. The number of hydrogen-bond acceptors (Lipinski definition) is 3. The van der Waals surface area contributed by atoms with E-state index >= 15 is 0 Å². The third kappa shape index (κ3) is 4.98. The molecular formula is C15H15Cl5N2O3. The summed E-state index contributed by atoms with van der Waals surface area (Å²) in [5.74, 6) is -0.297. The van der Waals surface area contributed by atoms with Gasteiger partial charge in [-0.3, -0.25) is 9.59 Å². The Bertz CT molecular complexity index is 661. The zero-order chi connectivity index (χ0) is 18.7. The van der Waals surface area contributed by atoms with Crippen molar-refractivity contribution in [1.29, 1.82) is 0 Å². The van der Waals surface area contributed by atoms with Gasteiger partial charge < -0.3 is 15.0 Å². The summed E-state index contributed by atoms with van der Waals surface area (Å²) in [6, 6.07) is -0.0185. The topological polar surface area (TPSA) is 58.6 Å². The highest BCUT2D eigenvalue weighted by molar-refractivity contribution is 6.55. The highest BCUT2D eigenvalue weighted by atomic mass is 35.5. The molecule has 1 N–H and O–H groups in total. The number of carbonyl (C=O) groups excluding carboxylic acids is 2. The number of nitrogens with one attached hydrogen (secondary N) is 1. The van der Waals surface area contributed by atoms with Crippen molar-refractivity contribution in [3.63, 3.8) is 0 Å². The van der Waals surface area contributed by atoms with E-state index in [0.717, 1.165) is 0 Å². The van der Waals surface area contributed by atoms with Crippen molar-refractivity contribution in [2.24, 2.45) is 0 Å². The lowest BCUT2D eigenvalue weighted by molar-refractivity contribution is -0.130. The molecule has 0 saturated carbocycles. The Morgan fingerprint density at radius 3 is 1.96 bits per heavy atom. The first-order valence-electron chi connectivity index (χ1n) is 7.41. The molecule has 138 valence electrons. The van der Waals surface area contributed by atoms with Gasteiger partial charge in [0.25, 0.3) is 5.91 Å². The molecule has 0 bridgehead atoms. The predicted molar refractivity (Wildman–Crippen MR) is 100 cm³/mol. The summed E-state index contributed by atoms with van der Waals surface area (Å²) in [5.41, 5.74) is 0. The fourth-order valence-corrected chi connectivity index (χ4v) is 3.69. The van der Waals surface area contributed by atoms with E-state index in [0.29, 0.717) is 25.9 Å². The minimum atomic E-state index is -0.337. The Labute approximate surface area is 170 Å². The summed E-state index contributed by atoms with van der Waals surface area (Å²) in [6.45, 7) is 2.45. The van der Waals surface area contributed by atoms with Crippen LogP contribution in [-0.2, 0) is 9.59 Å². The van der Waals surface area contributed by atoms with Crippen LogP contribution in [0.1, 0.15) is 19.8 Å². The average Bonchev–Trinajstić information content (AvgIpc) is 2.58. The fraction of sp³-hybridized carbons (Fsp3) is 0.467. The van der Waals surface area contributed by atoms with Gasteiger partial charge in [0.05, 0.1) is 15.1 Å². The van der Waals surface area contributed by atoms with Gasteiger partial charge in [-0.2, -0.15) is 0 Å². The molecule has 1 aliphatic heterocycles. The summed E-state index contributed by atoms with van der Waals surface area (Å²) in [4.78, 5) is 25.1. The molecule has 1 aromatic rings. The molecule has 1 heterocycles. The molecule has 1 fully saturated rings. The first kappa shape index (κ1) is 20.7. The van der Waals surface area contributed by atoms with Crippen LogP contribution in [0.5, 0.6) is 5.75 Å². The minimum Gasteiger partial charge on any atom is -0.481 e. The van der Waals surface area contributed by atoms with Gasteiger partial charge >= 0.3 is 0 Å². The number of carbonyl (C=O) groups is 2. The fourth-order valence-electron chi connectivity index (χ4n) is 2.46. The second kappa shape index (κ2) is 8.87. The molecule has 5 nitrogen and oxygen atoms in total. The van der Waals surface area contributed by atoms with Crippen LogP contribution in [0, 0.1) is 0 Å². The number of ether oxygens (including phenoxy) is 1. The van der Waals surface area contributed by atoms with E-state index in [-0.39, 0.29) is 55.3 Å². The van der Waals surface area contributed by atoms with Crippen LogP contribution in [0.25, 0.3) is 0 Å². The van der Waals surface area contributed by atoms with Crippen LogP contribution in [0.15, 0.2) is 0 Å². The molecule has 0 spiro atoms. The van der Waals surface area contributed by atoms with E-state index in [1.54, 1.807) is 4.90 Å². The van der Waals surface area contributed by atoms with Gasteiger partial charge in [0, 0.05) is 26.1 Å². The molecule has 1 saturated heterocycles. The maximum absolute atomic E-state index is 12.1. The number of rotatable bonds is 4. The Hall–Kier alpha value is -0.590. The lowest BCUT2D eigenvalue weighted by Crippen LogP contribution is -2.47. The van der Waals surface area contributed by atoms with Gasteiger partial charge in [-0.05, 0) is 12.8 Å². The summed E-state index contributed by atoms with van der Waals surface area (Å²) in [6.07, 6.45) is 1.37. The Kier molecular flexibility index (Phi) is 7.35. The SMILES string of the molecule is CC(=O)N1CCC(NC(=O)COc2c(Cl)c(Cl)c(Cl)c(Cl)c2Cl)CC1. The van der Waals surface area contributed by atoms with E-state index < -0.39 is 0 Å². The number of nitrogens with zero attached hydrogens (tertiary/aromatic N) is 1. The van der Waals surface area contributed by atoms with E-state index in [9.17, 15) is 9.59 Å². The third-order valence-corrected chi connectivity index (χ3v) is 6.06. The van der Waals surface area contributed by atoms with Gasteiger partial charge in [0.2, 0.25) is 5.91 Å². The molecule has 2 amide bonds. The van der Waals surface area contributed by atoms with Crippen molar-refractivity contribution in [3.8, 4) is 5.75 Å². The van der Waals surface area contributed by atoms with Crippen molar-refractivity contribution < 1.29 is 14.3 Å². The monoisotopic (exact) mass is 446 g/mol. The van der Waals surface area contributed by atoms with E-state index in [1.165, 1.54) is 6.92 Å². The van der Waals surface area contributed by atoms with Crippen LogP contribution in [0.4, 0.5) is 0 Å². The smallest absolute Gasteiger partial charge is 0.258 e. The normalized spacial score (nSPS) is 15.2. The average molecular weight is 449 g/mol. The van der Waals surface area contributed by atoms with Crippen LogP contribution in [0.2, 0.25) is 25.1 Å². The number of piperidine rings is 1. The van der Waals surface area contributed by atoms with Gasteiger partial charge in [-0.25, -0.2) is 0 Å². The molecule has 0 aliphatic carbocycles. The van der Waals surface area contributed by atoms with Crippen LogP contribution < -0.4 is 10.1 Å². The summed E-state index contributed by atoms with van der Waals surface area (Å²) < 4.78 is 5.38. The zero-order valence-electron chi connectivity index (χ0n) is 13.2. The lowest BCUT2D eigenvalue weighted by Gasteiger charge is -2.31. The standard InChI is InChI=1S/C15H15Cl5N2O3/c1-7(23)22-4-2-8(3-5-22)21-9(24)6-25-15-13(19)11(17)10(16)12(18)14(15)20/h8H,2-6H2,1H3,(H,21,24). The summed E-state index contributed by atoms with van der Waals surface area (Å²) in [7, 11) is 0. The van der Waals surface area contributed by atoms with Crippen molar-refractivity contribution >= 4 is 69.8 Å². The molecule has 1 aromatic carbocycles. The molecule has 0 unspecified atom stereocenters. The molecule has 25 heavy (non-hydrogen) atoms. The molecule has 0 radical (unpaired) electrons. The van der Waals surface area contributed by atoms with Crippen molar-refractivity contribution in [3.05, 3.63) is 25.1 Å². The number of benzene rings is 1. The van der Waals surface area contributed by atoms with Crippen molar-refractivity contribution in [1.82, 2.24) is 10.2 Å². The quantitative estimate of drug-likeness (QED) is 0.547. The maximum Gasteiger partial charge on any atom is 0.258 e. The highest BCUT2D eigenvalue weighted by Gasteiger charge is 2.24. The first-order valence-corrected chi connectivity index (χ1v) is 9.30. The Morgan fingerprint density at radius 1 is 1.00 bits per heavy atom. The molecule has 0 atom stereocenters. The lowest BCUT2D eigenvalue weighted by atomic mass is 10.1. The largest absolute Gasteiger partial charge is 0.481 e. The number of amides is 2. The van der Waals surface area contributed by atoms with E-state index in [2.05, 4.69) is 5.32 Å². The summed E-state index contributed by atoms with van der Waals surface area (Å²) >= 11 is 29.9. The molecular weight excluding hydrogens is 433 g/mol. The Morgan fingerprint density at radius 2 is 1.48 bits per heavy atom. The summed E-state index contributed by atoms with van der Waals surface area (Å²) in [5, 5.41) is 2.86. The van der Waals surface area contributed by atoms with Crippen molar-refractivity contribution in [2.45, 2.75) is 25.8 Å². The highest BCUT2D eigenvalue weighted by Crippen LogP contribution is 2.48. The molecule has 2 rings (SSSR count). The van der Waals surface area contributed by atoms with Gasteiger partial charge in [0.1, 0.15) is 10.0 Å². The van der Waals surface area contributed by atoms with E-state index in [4.69, 9.17) is 62.7 Å². The molecule has 10 heteroatoms. The van der Waals surface area contributed by atoms with Crippen LogP contribution >= 0.6 is 58.0 Å². The zero-order valence-corrected chi connectivity index (χ0v) is 17.0. The van der Waals surface area contributed by atoms with Crippen molar-refractivity contribution in [2.75, 3.05) is 19.7 Å². The minimum absolute atomic E-state index is 0.00397. The third-order valence-electron chi connectivity index (χ3n) is 3.82. The second-order valence-electron chi connectivity index (χ2n) is 5.54. The van der Waals surface area contributed by atoms with Gasteiger partial charge in [-0.15, -0.1) is 0 Å². The van der Waals surface area contributed by atoms with Gasteiger partial charge in [0.15, 0.2) is 12.4 Å². The Balaban J connectivity index is 1.92. The molecule has 0 aromatic heterocycles. The van der Waals surface area contributed by atoms with Gasteiger partial charge in [-0.1, -0.05) is 58.0 Å². The maximum atomic E-state index is 12.1. The first-order chi connectivity index (χ1) is 11.7. The number of halogens is 5. The number of hydrogen-bond donors (Lipinski definition) is 1. The molecule has 1 aliphatic rings. The number of likely N-dealkylation sites (tertiary alicyclic amines) is 1. The van der Waals surface area contributed by atoms with E-state index in [1.807, 2.05) is 0 Å². The second-order valence-corrected chi connectivity index (χ2v) is 7.43. The van der Waals surface area contributed by atoms with Crippen LogP contribution in [-0.4, -0.2) is 42.5 Å².